The SMILES string of the molecule is COc1ccccc1OCC(O)CNCCNC(C)=O. The smallest absolute Gasteiger partial charge is 0.216 e. The number of hydrogen-bond acceptors (Lipinski definition) is 5. The van der Waals surface area contributed by atoms with E-state index in [1.807, 2.05) is 12.1 Å². The Kier molecular flexibility index (Phi) is 7.46. The molecule has 0 spiro atoms. The quantitative estimate of drug-likeness (QED) is 0.562. The second-order valence-electron chi connectivity index (χ2n) is 4.30. The molecule has 6 nitrogen and oxygen atoms in total. The topological polar surface area (TPSA) is 79.8 Å². The van der Waals surface area contributed by atoms with Gasteiger partial charge in [0.05, 0.1) is 7.11 Å². The number of hydrogen-bond donors (Lipinski definition) is 3. The van der Waals surface area contributed by atoms with Crippen LogP contribution in [0, 0.1) is 0 Å². The lowest BCUT2D eigenvalue weighted by Crippen LogP contribution is -2.36. The van der Waals surface area contributed by atoms with Gasteiger partial charge in [0.2, 0.25) is 5.91 Å². The van der Waals surface area contributed by atoms with Crippen LogP contribution in [0.25, 0.3) is 0 Å². The van der Waals surface area contributed by atoms with E-state index in [9.17, 15) is 9.90 Å². The van der Waals surface area contributed by atoms with Crippen LogP contribution in [0.2, 0.25) is 0 Å². The second kappa shape index (κ2) is 9.17. The Labute approximate surface area is 119 Å². The maximum absolute atomic E-state index is 10.6. The predicted molar refractivity (Wildman–Crippen MR) is 76.0 cm³/mol. The number of benzene rings is 1. The number of ether oxygens (including phenoxy) is 2. The van der Waals surface area contributed by atoms with E-state index in [0.717, 1.165) is 0 Å². The minimum Gasteiger partial charge on any atom is -0.493 e. The summed E-state index contributed by atoms with van der Waals surface area (Å²) in [5.74, 6) is 1.18. The molecule has 1 amide bonds. The highest BCUT2D eigenvalue weighted by Gasteiger charge is 2.07. The maximum Gasteiger partial charge on any atom is 0.216 e. The standard InChI is InChI=1S/C14H22N2O4/c1-11(17)16-8-7-15-9-12(18)10-20-14-6-4-3-5-13(14)19-2/h3-6,12,15,18H,7-10H2,1-2H3,(H,16,17). The van der Waals surface area contributed by atoms with Gasteiger partial charge in [0.1, 0.15) is 12.7 Å². The van der Waals surface area contributed by atoms with E-state index < -0.39 is 6.10 Å². The lowest BCUT2D eigenvalue weighted by atomic mass is 10.3. The summed E-state index contributed by atoms with van der Waals surface area (Å²) in [6, 6.07) is 7.28. The third-order valence-corrected chi connectivity index (χ3v) is 2.56. The molecule has 1 atom stereocenters. The fourth-order valence-electron chi connectivity index (χ4n) is 1.58. The first-order chi connectivity index (χ1) is 9.63. The zero-order valence-corrected chi connectivity index (χ0v) is 11.9. The van der Waals surface area contributed by atoms with Gasteiger partial charge in [-0.1, -0.05) is 12.1 Å². The zero-order chi connectivity index (χ0) is 14.8. The number of aliphatic hydroxyl groups is 1. The van der Waals surface area contributed by atoms with Crippen LogP contribution in [0.15, 0.2) is 24.3 Å². The highest BCUT2D eigenvalue weighted by atomic mass is 16.5. The van der Waals surface area contributed by atoms with E-state index in [1.165, 1.54) is 6.92 Å². The molecule has 0 saturated heterocycles. The van der Waals surface area contributed by atoms with E-state index in [2.05, 4.69) is 10.6 Å². The number of para-hydroxylation sites is 2. The summed E-state index contributed by atoms with van der Waals surface area (Å²) in [4.78, 5) is 10.6. The summed E-state index contributed by atoms with van der Waals surface area (Å²) in [7, 11) is 1.57. The Balaban J connectivity index is 2.19. The Morgan fingerprint density at radius 1 is 1.30 bits per heavy atom. The monoisotopic (exact) mass is 282 g/mol. The summed E-state index contributed by atoms with van der Waals surface area (Å²) in [5.41, 5.74) is 0. The van der Waals surface area contributed by atoms with Crippen molar-refractivity contribution in [3.05, 3.63) is 24.3 Å². The molecule has 0 aliphatic carbocycles. The molecule has 0 heterocycles. The summed E-state index contributed by atoms with van der Waals surface area (Å²) in [5, 5.41) is 15.5. The van der Waals surface area contributed by atoms with Crippen molar-refractivity contribution in [2.24, 2.45) is 0 Å². The molecule has 1 aromatic rings. The van der Waals surface area contributed by atoms with Gasteiger partial charge < -0.3 is 25.2 Å². The van der Waals surface area contributed by atoms with E-state index in [1.54, 1.807) is 19.2 Å². The van der Waals surface area contributed by atoms with Crippen LogP contribution < -0.4 is 20.1 Å². The minimum atomic E-state index is -0.628. The molecule has 6 heteroatoms. The molecule has 0 saturated carbocycles. The number of amides is 1. The van der Waals surface area contributed by atoms with E-state index in [4.69, 9.17) is 9.47 Å². The van der Waals surface area contributed by atoms with Gasteiger partial charge in [0.15, 0.2) is 11.5 Å². The van der Waals surface area contributed by atoms with E-state index in [-0.39, 0.29) is 12.5 Å². The average Bonchev–Trinajstić information content (AvgIpc) is 2.44. The molecule has 0 radical (unpaired) electrons. The molecule has 0 bridgehead atoms. The van der Waals surface area contributed by atoms with Crippen LogP contribution >= 0.6 is 0 Å². The normalized spacial score (nSPS) is 11.8. The Morgan fingerprint density at radius 3 is 2.65 bits per heavy atom. The second-order valence-corrected chi connectivity index (χ2v) is 4.30. The van der Waals surface area contributed by atoms with Crippen LogP contribution in [0.3, 0.4) is 0 Å². The van der Waals surface area contributed by atoms with E-state index in [0.29, 0.717) is 31.1 Å². The summed E-state index contributed by atoms with van der Waals surface area (Å²) in [6.45, 7) is 3.18. The van der Waals surface area contributed by atoms with Gasteiger partial charge in [0.25, 0.3) is 0 Å². The molecule has 0 aliphatic heterocycles. The summed E-state index contributed by atoms with van der Waals surface area (Å²) in [6.07, 6.45) is -0.628. The fraction of sp³-hybridized carbons (Fsp3) is 0.500. The van der Waals surface area contributed by atoms with Crippen molar-refractivity contribution in [3.8, 4) is 11.5 Å². The number of nitrogens with one attached hydrogen (secondary N) is 2. The zero-order valence-electron chi connectivity index (χ0n) is 11.9. The van der Waals surface area contributed by atoms with Crippen LogP contribution in [0.1, 0.15) is 6.92 Å². The van der Waals surface area contributed by atoms with Crippen molar-refractivity contribution in [1.82, 2.24) is 10.6 Å². The van der Waals surface area contributed by atoms with Gasteiger partial charge in [0, 0.05) is 26.6 Å². The molecular weight excluding hydrogens is 260 g/mol. The molecular formula is C14H22N2O4. The predicted octanol–water partition coefficient (Wildman–Crippen LogP) is 0.161. The number of carbonyl (C=O) groups excluding carboxylic acids is 1. The largest absolute Gasteiger partial charge is 0.493 e. The maximum atomic E-state index is 10.6. The molecule has 0 aromatic heterocycles. The van der Waals surface area contributed by atoms with Crippen LogP contribution in [-0.4, -0.2) is 50.5 Å². The molecule has 0 fully saturated rings. The lowest BCUT2D eigenvalue weighted by molar-refractivity contribution is -0.118. The van der Waals surface area contributed by atoms with Crippen molar-refractivity contribution in [2.45, 2.75) is 13.0 Å². The molecule has 20 heavy (non-hydrogen) atoms. The Bertz CT molecular complexity index is 412. The van der Waals surface area contributed by atoms with Gasteiger partial charge in [-0.25, -0.2) is 0 Å². The first kappa shape index (κ1) is 16.3. The molecule has 0 aliphatic rings. The van der Waals surface area contributed by atoms with Crippen molar-refractivity contribution in [2.75, 3.05) is 33.4 Å². The van der Waals surface area contributed by atoms with Gasteiger partial charge in [-0.3, -0.25) is 4.79 Å². The summed E-state index contributed by atoms with van der Waals surface area (Å²) >= 11 is 0. The third kappa shape index (κ3) is 6.40. The molecule has 3 N–H and O–H groups in total. The van der Waals surface area contributed by atoms with Crippen molar-refractivity contribution < 1.29 is 19.4 Å². The Hall–Kier alpha value is -1.79. The fourth-order valence-corrected chi connectivity index (χ4v) is 1.58. The van der Waals surface area contributed by atoms with Crippen molar-refractivity contribution >= 4 is 5.91 Å². The molecule has 112 valence electrons. The Morgan fingerprint density at radius 2 is 2.00 bits per heavy atom. The molecule has 1 aromatic carbocycles. The van der Waals surface area contributed by atoms with Gasteiger partial charge >= 0.3 is 0 Å². The highest BCUT2D eigenvalue weighted by molar-refractivity contribution is 5.72. The van der Waals surface area contributed by atoms with Gasteiger partial charge in [-0.15, -0.1) is 0 Å². The first-order valence-corrected chi connectivity index (χ1v) is 6.52. The van der Waals surface area contributed by atoms with Crippen LogP contribution in [0.4, 0.5) is 0 Å². The summed E-state index contributed by atoms with van der Waals surface area (Å²) < 4.78 is 10.7. The van der Waals surface area contributed by atoms with E-state index >= 15 is 0 Å². The highest BCUT2D eigenvalue weighted by Crippen LogP contribution is 2.25. The first-order valence-electron chi connectivity index (χ1n) is 6.52. The molecule has 1 rings (SSSR count). The third-order valence-electron chi connectivity index (χ3n) is 2.56. The number of carbonyl (C=O) groups is 1. The van der Waals surface area contributed by atoms with Crippen molar-refractivity contribution in [3.63, 3.8) is 0 Å². The van der Waals surface area contributed by atoms with Gasteiger partial charge in [-0.2, -0.15) is 0 Å². The number of methoxy groups -OCH3 is 1. The molecule has 1 unspecified atom stereocenters. The number of rotatable bonds is 9. The minimum absolute atomic E-state index is 0.0631. The van der Waals surface area contributed by atoms with Crippen LogP contribution in [-0.2, 0) is 4.79 Å². The van der Waals surface area contributed by atoms with Gasteiger partial charge in [-0.05, 0) is 12.1 Å². The van der Waals surface area contributed by atoms with Crippen molar-refractivity contribution in [1.29, 1.82) is 0 Å². The van der Waals surface area contributed by atoms with Crippen LogP contribution in [0.5, 0.6) is 11.5 Å². The number of aliphatic hydroxyl groups excluding tert-OH is 1. The lowest BCUT2D eigenvalue weighted by Gasteiger charge is -2.15. The average molecular weight is 282 g/mol.